The van der Waals surface area contributed by atoms with E-state index in [1.165, 1.54) is 60.5 Å². The van der Waals surface area contributed by atoms with Crippen molar-refractivity contribution in [3.63, 3.8) is 0 Å². The minimum Gasteiger partial charge on any atom is -0.354 e. The van der Waals surface area contributed by atoms with Gasteiger partial charge in [-0.3, -0.25) is 19.2 Å². The van der Waals surface area contributed by atoms with Crippen molar-refractivity contribution in [2.24, 2.45) is 0 Å². The predicted octanol–water partition coefficient (Wildman–Crippen LogP) is 9.74. The Labute approximate surface area is 330 Å². The van der Waals surface area contributed by atoms with E-state index in [4.69, 9.17) is 0 Å². The van der Waals surface area contributed by atoms with Gasteiger partial charge in [0, 0.05) is 36.3 Å². The fourth-order valence-corrected chi connectivity index (χ4v) is 7.08. The summed E-state index contributed by atoms with van der Waals surface area (Å²) in [6.45, 7) is 8.25. The molecule has 1 aliphatic rings. The van der Waals surface area contributed by atoms with E-state index in [1.807, 2.05) is 32.9 Å². The van der Waals surface area contributed by atoms with Crippen LogP contribution in [0.2, 0.25) is 0 Å². The molecular weight excluding hydrogens is 718 g/mol. The summed E-state index contributed by atoms with van der Waals surface area (Å²) in [5.41, 5.74) is 0.952. The molecule has 4 bridgehead atoms. The van der Waals surface area contributed by atoms with E-state index in [2.05, 4.69) is 17.6 Å². The number of hydrogen-bond donors (Lipinski definition) is 2. The Morgan fingerprint density at radius 2 is 1.21 bits per heavy atom. The van der Waals surface area contributed by atoms with Crippen molar-refractivity contribution in [2.75, 3.05) is 26.2 Å². The first-order valence-corrected chi connectivity index (χ1v) is 20.2. The minimum atomic E-state index is -4.57. The van der Waals surface area contributed by atoms with Crippen LogP contribution >= 0.6 is 0 Å². The molecule has 1 aliphatic heterocycles. The fourth-order valence-electron chi connectivity index (χ4n) is 7.08. The first kappa shape index (κ1) is 44.0. The van der Waals surface area contributed by atoms with Crippen molar-refractivity contribution in [3.8, 4) is 11.1 Å². The average Bonchev–Trinajstić information content (AvgIpc) is 3.15. The maximum Gasteiger partial charge on any atom is 0.416 e. The summed E-state index contributed by atoms with van der Waals surface area (Å²) < 4.78 is 40.9. The standard InChI is InChI=1S/C45H59F3N4O4/c1-5-6-7-8-9-10-11-12-13-14-27-49-41(54)40(33-23-25-38(26-24-33)45(46,47)48)52-29-16-15-28-51(32-39(53)50-44(2,3)4)42(55)36-21-17-19-34(30-36)35-20-18-22-37(31-35)43(52)56/h17-26,30-31,40H,5-16,27-29,32H2,1-4H3,(H,49,54)(H,50,53). The van der Waals surface area contributed by atoms with Gasteiger partial charge in [0.25, 0.3) is 11.8 Å². The number of fused-ring (bicyclic) bond motifs is 5. The average molecular weight is 777 g/mol. The molecule has 4 amide bonds. The number of carbonyl (C=O) groups is 4. The third kappa shape index (κ3) is 13.5. The summed E-state index contributed by atoms with van der Waals surface area (Å²) in [6, 6.07) is 17.1. The van der Waals surface area contributed by atoms with Crippen LogP contribution in [0, 0.1) is 0 Å². The van der Waals surface area contributed by atoms with Crippen LogP contribution in [-0.2, 0) is 15.8 Å². The van der Waals surface area contributed by atoms with Crippen LogP contribution in [0.25, 0.3) is 11.1 Å². The number of halogens is 3. The molecule has 11 heteroatoms. The summed E-state index contributed by atoms with van der Waals surface area (Å²) in [5.74, 6) is -1.55. The Balaban J connectivity index is 1.62. The van der Waals surface area contributed by atoms with Crippen LogP contribution in [0.3, 0.4) is 0 Å². The van der Waals surface area contributed by atoms with Crippen LogP contribution in [0.5, 0.6) is 0 Å². The molecule has 1 atom stereocenters. The normalized spacial score (nSPS) is 14.6. The topological polar surface area (TPSA) is 98.8 Å². The highest BCUT2D eigenvalue weighted by Crippen LogP contribution is 2.32. The van der Waals surface area contributed by atoms with Crippen molar-refractivity contribution in [1.29, 1.82) is 0 Å². The number of carbonyl (C=O) groups excluding carboxylic acids is 4. The Bertz CT molecular complexity index is 1750. The molecule has 4 rings (SSSR count). The molecule has 56 heavy (non-hydrogen) atoms. The van der Waals surface area contributed by atoms with E-state index in [0.717, 1.165) is 37.8 Å². The van der Waals surface area contributed by atoms with Gasteiger partial charge in [0.2, 0.25) is 11.8 Å². The Hall–Kier alpha value is -4.67. The highest BCUT2D eigenvalue weighted by atomic mass is 19.4. The second-order valence-electron chi connectivity index (χ2n) is 15.9. The molecule has 3 aromatic carbocycles. The molecule has 0 aromatic heterocycles. The van der Waals surface area contributed by atoms with E-state index in [-0.39, 0.29) is 37.0 Å². The summed E-state index contributed by atoms with van der Waals surface area (Å²) in [7, 11) is 0. The van der Waals surface area contributed by atoms with Crippen LogP contribution in [0.1, 0.15) is 143 Å². The van der Waals surface area contributed by atoms with Gasteiger partial charge in [-0.25, -0.2) is 0 Å². The molecule has 0 saturated heterocycles. The largest absolute Gasteiger partial charge is 0.416 e. The van der Waals surface area contributed by atoms with Crippen molar-refractivity contribution < 1.29 is 32.3 Å². The molecule has 0 saturated carbocycles. The highest BCUT2D eigenvalue weighted by molar-refractivity contribution is 6.00. The molecule has 2 N–H and O–H groups in total. The Morgan fingerprint density at radius 3 is 1.77 bits per heavy atom. The number of nitrogens with zero attached hydrogens (tertiary/aromatic N) is 2. The van der Waals surface area contributed by atoms with Crippen molar-refractivity contribution in [2.45, 2.75) is 123 Å². The number of rotatable bonds is 16. The van der Waals surface area contributed by atoms with Gasteiger partial charge in [-0.1, -0.05) is 101 Å². The lowest BCUT2D eigenvalue weighted by Crippen LogP contribution is -2.47. The third-order valence-electron chi connectivity index (χ3n) is 9.97. The summed E-state index contributed by atoms with van der Waals surface area (Å²) in [5, 5.41) is 5.90. The fraction of sp³-hybridized carbons (Fsp3) is 0.511. The van der Waals surface area contributed by atoms with E-state index < -0.39 is 35.1 Å². The van der Waals surface area contributed by atoms with Gasteiger partial charge >= 0.3 is 6.18 Å². The second-order valence-corrected chi connectivity index (χ2v) is 15.9. The summed E-state index contributed by atoms with van der Waals surface area (Å²) in [4.78, 5) is 58.6. The molecule has 1 heterocycles. The zero-order chi connectivity index (χ0) is 40.7. The summed E-state index contributed by atoms with van der Waals surface area (Å²) >= 11 is 0. The molecular formula is C45H59F3N4O4. The van der Waals surface area contributed by atoms with Crippen molar-refractivity contribution in [3.05, 3.63) is 95.1 Å². The van der Waals surface area contributed by atoms with Gasteiger partial charge in [0.15, 0.2) is 0 Å². The van der Waals surface area contributed by atoms with E-state index >= 15 is 0 Å². The van der Waals surface area contributed by atoms with Gasteiger partial charge < -0.3 is 20.4 Å². The molecule has 0 aliphatic carbocycles. The van der Waals surface area contributed by atoms with Gasteiger partial charge in [-0.2, -0.15) is 13.2 Å². The smallest absolute Gasteiger partial charge is 0.354 e. The molecule has 3 aromatic rings. The number of nitrogens with one attached hydrogen (secondary N) is 2. The van der Waals surface area contributed by atoms with Gasteiger partial charge in [0.05, 0.1) is 12.1 Å². The first-order valence-electron chi connectivity index (χ1n) is 20.2. The molecule has 0 fully saturated rings. The quantitative estimate of drug-likeness (QED) is 0.142. The van der Waals surface area contributed by atoms with Crippen molar-refractivity contribution in [1.82, 2.24) is 20.4 Å². The maximum absolute atomic E-state index is 14.6. The summed E-state index contributed by atoms with van der Waals surface area (Å²) in [6.07, 6.45) is 7.45. The Morgan fingerprint density at radius 1 is 0.696 bits per heavy atom. The zero-order valence-corrected chi connectivity index (χ0v) is 33.5. The maximum atomic E-state index is 14.6. The monoisotopic (exact) mass is 776 g/mol. The minimum absolute atomic E-state index is 0.0714. The number of unbranched alkanes of at least 4 members (excludes halogenated alkanes) is 9. The first-order chi connectivity index (χ1) is 26.7. The van der Waals surface area contributed by atoms with Crippen molar-refractivity contribution >= 4 is 23.6 Å². The van der Waals surface area contributed by atoms with E-state index in [9.17, 15) is 32.3 Å². The molecule has 8 nitrogen and oxygen atoms in total. The molecule has 0 radical (unpaired) electrons. The second kappa shape index (κ2) is 21.0. The number of alkyl halides is 3. The third-order valence-corrected chi connectivity index (χ3v) is 9.97. The molecule has 304 valence electrons. The highest BCUT2D eigenvalue weighted by Gasteiger charge is 2.35. The number of hydrogen-bond acceptors (Lipinski definition) is 4. The van der Waals surface area contributed by atoms with Gasteiger partial charge in [-0.05, 0) is 93.1 Å². The van der Waals surface area contributed by atoms with Crippen LogP contribution in [-0.4, -0.2) is 65.1 Å². The van der Waals surface area contributed by atoms with Gasteiger partial charge in [-0.15, -0.1) is 0 Å². The lowest BCUT2D eigenvalue weighted by Gasteiger charge is -2.32. The van der Waals surface area contributed by atoms with Gasteiger partial charge in [0.1, 0.15) is 6.04 Å². The SMILES string of the molecule is CCCCCCCCCCCCNC(=O)C(c1ccc(C(F)(F)F)cc1)N1CCCCN(CC(=O)NC(C)(C)C)C(=O)c2cccc(c2)-c2cccc(c2)C1=O. The number of amides is 4. The zero-order valence-electron chi connectivity index (χ0n) is 33.5. The van der Waals surface area contributed by atoms with E-state index in [1.54, 1.807) is 36.4 Å². The van der Waals surface area contributed by atoms with Crippen LogP contribution < -0.4 is 10.6 Å². The lowest BCUT2D eigenvalue weighted by atomic mass is 9.98. The van der Waals surface area contributed by atoms with Crippen LogP contribution in [0.15, 0.2) is 72.8 Å². The molecule has 0 spiro atoms. The Kier molecular flexibility index (Phi) is 16.5. The molecule has 1 unspecified atom stereocenters. The van der Waals surface area contributed by atoms with Crippen LogP contribution in [0.4, 0.5) is 13.2 Å². The number of benzene rings is 3. The van der Waals surface area contributed by atoms with E-state index in [0.29, 0.717) is 41.6 Å². The predicted molar refractivity (Wildman–Crippen MR) is 215 cm³/mol. The lowest BCUT2D eigenvalue weighted by molar-refractivity contribution is -0.137.